The second-order valence-corrected chi connectivity index (χ2v) is 5.94. The predicted octanol–water partition coefficient (Wildman–Crippen LogP) is 5.24. The molecule has 4 heteroatoms. The zero-order valence-corrected chi connectivity index (χ0v) is 14.1. The van der Waals surface area contributed by atoms with E-state index in [1.807, 2.05) is 25.1 Å². The van der Waals surface area contributed by atoms with Crippen LogP contribution in [0.1, 0.15) is 24.6 Å². The zero-order valence-electron chi connectivity index (χ0n) is 13.3. The molecule has 0 saturated heterocycles. The van der Waals surface area contributed by atoms with Gasteiger partial charge in [-0.2, -0.15) is 0 Å². The number of hydrogen-bond donors (Lipinski definition) is 1. The summed E-state index contributed by atoms with van der Waals surface area (Å²) < 4.78 is 0. The third-order valence-electron chi connectivity index (χ3n) is 3.06. The van der Waals surface area contributed by atoms with Gasteiger partial charge in [-0.3, -0.25) is 4.98 Å². The fraction of sp³-hybridized carbons (Fsp3) is 0.158. The van der Waals surface area contributed by atoms with Crippen LogP contribution in [0.25, 0.3) is 5.57 Å². The van der Waals surface area contributed by atoms with E-state index in [4.69, 9.17) is 0 Å². The Hall–Kier alpha value is -2.46. The number of nitrogens with one attached hydrogen (secondary N) is 1. The van der Waals surface area contributed by atoms with Gasteiger partial charge in [-0.15, -0.1) is 11.3 Å². The van der Waals surface area contributed by atoms with Crippen molar-refractivity contribution in [3.63, 3.8) is 0 Å². The summed E-state index contributed by atoms with van der Waals surface area (Å²) in [7, 11) is 0. The number of nitrogens with zero attached hydrogens (tertiary/aromatic N) is 2. The minimum absolute atomic E-state index is 0.900. The smallest absolute Gasteiger partial charge is 0.187 e. The monoisotopic (exact) mass is 323 g/mol. The molecule has 2 rings (SSSR count). The van der Waals surface area contributed by atoms with Gasteiger partial charge in [0.25, 0.3) is 0 Å². The molecule has 0 amide bonds. The van der Waals surface area contributed by atoms with Crippen LogP contribution < -0.4 is 5.32 Å². The summed E-state index contributed by atoms with van der Waals surface area (Å²) in [6, 6.07) is 4.02. The Bertz CT molecular complexity index is 711. The lowest BCUT2D eigenvalue weighted by atomic mass is 10.0. The number of allylic oxidation sites excluding steroid dienone is 6. The summed E-state index contributed by atoms with van der Waals surface area (Å²) >= 11 is 1.61. The van der Waals surface area contributed by atoms with Gasteiger partial charge >= 0.3 is 0 Å². The van der Waals surface area contributed by atoms with Gasteiger partial charge in [0.2, 0.25) is 0 Å². The Balaban J connectivity index is 2.03. The van der Waals surface area contributed by atoms with Gasteiger partial charge in [0.15, 0.2) is 5.13 Å². The first-order chi connectivity index (χ1) is 11.2. The van der Waals surface area contributed by atoms with Crippen molar-refractivity contribution in [1.82, 2.24) is 9.97 Å². The summed E-state index contributed by atoms with van der Waals surface area (Å²) in [6.45, 7) is 9.49. The fourth-order valence-corrected chi connectivity index (χ4v) is 2.86. The van der Waals surface area contributed by atoms with E-state index in [-0.39, 0.29) is 0 Å². The molecule has 0 aliphatic heterocycles. The minimum Gasteiger partial charge on any atom is -0.336 e. The van der Waals surface area contributed by atoms with Crippen molar-refractivity contribution < 1.29 is 0 Å². The highest BCUT2D eigenvalue weighted by molar-refractivity contribution is 7.13. The third kappa shape index (κ3) is 5.68. The topological polar surface area (TPSA) is 37.8 Å². The lowest BCUT2D eigenvalue weighted by Crippen LogP contribution is -1.93. The molecule has 0 saturated carbocycles. The highest BCUT2D eigenvalue weighted by atomic mass is 32.1. The molecule has 0 spiro atoms. The molecule has 0 fully saturated rings. The number of aromatic nitrogens is 2. The van der Waals surface area contributed by atoms with Crippen LogP contribution in [-0.2, 0) is 6.42 Å². The van der Waals surface area contributed by atoms with Gasteiger partial charge < -0.3 is 5.32 Å². The maximum absolute atomic E-state index is 4.56. The largest absolute Gasteiger partial charge is 0.336 e. The molecule has 1 N–H and O–H groups in total. The molecule has 2 heterocycles. The normalized spacial score (nSPS) is 11.6. The maximum Gasteiger partial charge on any atom is 0.187 e. The molecule has 0 bridgehead atoms. The number of thiazole rings is 1. The lowest BCUT2D eigenvalue weighted by molar-refractivity contribution is 0.961. The van der Waals surface area contributed by atoms with E-state index in [2.05, 4.69) is 46.0 Å². The maximum atomic E-state index is 4.56. The number of hydrogen-bond acceptors (Lipinski definition) is 4. The molecule has 118 valence electrons. The van der Waals surface area contributed by atoms with Crippen LogP contribution in [0.5, 0.6) is 0 Å². The van der Waals surface area contributed by atoms with Crippen molar-refractivity contribution in [3.05, 3.63) is 84.3 Å². The molecule has 0 atom stereocenters. The van der Waals surface area contributed by atoms with Gasteiger partial charge in [0.1, 0.15) is 0 Å². The summed E-state index contributed by atoms with van der Waals surface area (Å²) in [5, 5.41) is 6.13. The van der Waals surface area contributed by atoms with Gasteiger partial charge in [-0.05, 0) is 43.0 Å². The summed E-state index contributed by atoms with van der Waals surface area (Å²) in [5.74, 6) is 0. The van der Waals surface area contributed by atoms with Crippen LogP contribution in [0.15, 0.2) is 73.1 Å². The van der Waals surface area contributed by atoms with Crippen molar-refractivity contribution in [3.8, 4) is 0 Å². The van der Waals surface area contributed by atoms with Gasteiger partial charge in [0, 0.05) is 23.5 Å². The molecule has 2 aromatic rings. The second kappa shape index (κ2) is 8.86. The molecule has 0 radical (unpaired) electrons. The first kappa shape index (κ1) is 16.9. The first-order valence-electron chi connectivity index (χ1n) is 7.45. The quantitative estimate of drug-likeness (QED) is 0.675. The van der Waals surface area contributed by atoms with Crippen LogP contribution in [0.3, 0.4) is 0 Å². The summed E-state index contributed by atoms with van der Waals surface area (Å²) in [5.41, 5.74) is 4.32. The molecule has 2 aromatic heterocycles. The Morgan fingerprint density at radius 3 is 2.83 bits per heavy atom. The second-order valence-electron chi connectivity index (χ2n) is 5.08. The van der Waals surface area contributed by atoms with Crippen molar-refractivity contribution in [2.24, 2.45) is 0 Å². The average molecular weight is 323 g/mol. The third-order valence-corrected chi connectivity index (χ3v) is 3.87. The van der Waals surface area contributed by atoms with Crippen molar-refractivity contribution in [1.29, 1.82) is 0 Å². The predicted molar refractivity (Wildman–Crippen MR) is 100 cm³/mol. The Morgan fingerprint density at radius 2 is 2.13 bits per heavy atom. The molecule has 0 aliphatic carbocycles. The van der Waals surface area contributed by atoms with E-state index in [1.165, 1.54) is 5.57 Å². The highest BCUT2D eigenvalue weighted by Crippen LogP contribution is 2.20. The van der Waals surface area contributed by atoms with Crippen molar-refractivity contribution in [2.45, 2.75) is 19.8 Å². The highest BCUT2D eigenvalue weighted by Gasteiger charge is 2.02. The molecule has 0 aromatic carbocycles. The van der Waals surface area contributed by atoms with Crippen LogP contribution in [0.4, 0.5) is 5.13 Å². The summed E-state index contributed by atoms with van der Waals surface area (Å²) in [6.07, 6.45) is 13.5. The first-order valence-corrected chi connectivity index (χ1v) is 8.33. The SMILES string of the molecule is C=C/C=C\C(=C/CCc1csc(NC(=C)C)n1)c1ccncc1. The Labute approximate surface area is 141 Å². The Kier molecular flexibility index (Phi) is 6.51. The standard InChI is InChI=1S/C19H21N3S/c1-4-5-7-16(17-10-12-20-13-11-17)8-6-9-18-14-23-19(22-18)21-15(2)3/h4-5,7-8,10-14H,1-2,6,9H2,3H3,(H,21,22)/b7-5-,16-8+. The van der Waals surface area contributed by atoms with E-state index >= 15 is 0 Å². The summed E-state index contributed by atoms with van der Waals surface area (Å²) in [4.78, 5) is 8.62. The van der Waals surface area contributed by atoms with Crippen molar-refractivity contribution >= 4 is 22.0 Å². The molecular weight excluding hydrogens is 302 g/mol. The molecule has 23 heavy (non-hydrogen) atoms. The van der Waals surface area contributed by atoms with Gasteiger partial charge in [0.05, 0.1) is 5.69 Å². The van der Waals surface area contributed by atoms with E-state index in [1.54, 1.807) is 29.8 Å². The van der Waals surface area contributed by atoms with Crippen LogP contribution in [0.2, 0.25) is 0 Å². The van der Waals surface area contributed by atoms with Gasteiger partial charge in [-0.25, -0.2) is 4.98 Å². The van der Waals surface area contributed by atoms with Gasteiger partial charge in [-0.1, -0.05) is 37.5 Å². The zero-order chi connectivity index (χ0) is 16.5. The number of aryl methyl sites for hydroxylation is 1. The number of pyridine rings is 1. The average Bonchev–Trinajstić information content (AvgIpc) is 2.98. The number of anilines is 1. The molecular formula is C19H21N3S. The van der Waals surface area contributed by atoms with Crippen molar-refractivity contribution in [2.75, 3.05) is 5.32 Å². The van der Waals surface area contributed by atoms with E-state index in [0.29, 0.717) is 0 Å². The lowest BCUT2D eigenvalue weighted by Gasteiger charge is -2.02. The van der Waals surface area contributed by atoms with Crippen LogP contribution in [0, 0.1) is 0 Å². The van der Waals surface area contributed by atoms with E-state index in [9.17, 15) is 0 Å². The molecule has 3 nitrogen and oxygen atoms in total. The number of rotatable bonds is 8. The molecule has 0 aliphatic rings. The van der Waals surface area contributed by atoms with E-state index < -0.39 is 0 Å². The van der Waals surface area contributed by atoms with E-state index in [0.717, 1.165) is 34.9 Å². The Morgan fingerprint density at radius 1 is 1.35 bits per heavy atom. The molecule has 0 unspecified atom stereocenters. The van der Waals surface area contributed by atoms with Crippen LogP contribution >= 0.6 is 11.3 Å². The fourth-order valence-electron chi connectivity index (χ4n) is 2.04. The minimum atomic E-state index is 0.900. The van der Waals surface area contributed by atoms with Crippen LogP contribution in [-0.4, -0.2) is 9.97 Å².